The maximum absolute atomic E-state index is 5.71. The Morgan fingerprint density at radius 3 is 2.67 bits per heavy atom. The van der Waals surface area contributed by atoms with E-state index in [0.717, 1.165) is 32.4 Å². The van der Waals surface area contributed by atoms with Crippen LogP contribution in [0, 0.1) is 5.41 Å². The number of aliphatic imine (C=N–C) groups is 1. The van der Waals surface area contributed by atoms with E-state index in [1.54, 1.807) is 0 Å². The van der Waals surface area contributed by atoms with E-state index in [-0.39, 0.29) is 5.41 Å². The first-order valence-corrected chi connectivity index (χ1v) is 6.95. The van der Waals surface area contributed by atoms with Crippen molar-refractivity contribution in [2.75, 3.05) is 13.2 Å². The second-order valence-electron chi connectivity index (χ2n) is 5.43. The molecule has 0 aromatic carbocycles. The Morgan fingerprint density at radius 1 is 1.44 bits per heavy atom. The molecule has 0 aliphatic heterocycles. The van der Waals surface area contributed by atoms with E-state index in [4.69, 9.17) is 10.6 Å². The van der Waals surface area contributed by atoms with Gasteiger partial charge in [-0.1, -0.05) is 27.2 Å². The summed E-state index contributed by atoms with van der Waals surface area (Å²) in [6, 6.07) is 0.366. The van der Waals surface area contributed by atoms with E-state index in [2.05, 4.69) is 36.5 Å². The minimum atomic E-state index is 0.123. The van der Waals surface area contributed by atoms with E-state index >= 15 is 0 Å². The van der Waals surface area contributed by atoms with Crippen molar-refractivity contribution in [3.63, 3.8) is 0 Å². The van der Waals surface area contributed by atoms with Gasteiger partial charge in [-0.3, -0.25) is 10.4 Å². The number of hydrogen-bond acceptors (Lipinski definition) is 3. The fourth-order valence-electron chi connectivity index (χ4n) is 2.26. The third-order valence-corrected chi connectivity index (χ3v) is 3.77. The molecule has 5 nitrogen and oxygen atoms in total. The molecule has 4 N–H and O–H groups in total. The van der Waals surface area contributed by atoms with Gasteiger partial charge in [-0.25, -0.2) is 5.84 Å². The van der Waals surface area contributed by atoms with Crippen LogP contribution in [0.3, 0.4) is 0 Å². The molecule has 1 saturated carbocycles. The summed E-state index contributed by atoms with van der Waals surface area (Å²) in [6.45, 7) is 10.2. The normalized spacial score (nSPS) is 26.6. The molecule has 1 aliphatic carbocycles. The Hall–Kier alpha value is -0.810. The molecule has 5 heteroatoms. The maximum Gasteiger partial charge on any atom is 0.205 e. The molecule has 2 unspecified atom stereocenters. The summed E-state index contributed by atoms with van der Waals surface area (Å²) in [5.74, 6) is 6.18. The Labute approximate surface area is 111 Å². The van der Waals surface area contributed by atoms with Crippen LogP contribution in [-0.4, -0.2) is 31.3 Å². The van der Waals surface area contributed by atoms with Gasteiger partial charge in [0.1, 0.15) is 0 Å². The summed E-state index contributed by atoms with van der Waals surface area (Å²) < 4.78 is 5.71. The van der Waals surface area contributed by atoms with Gasteiger partial charge in [0.15, 0.2) is 0 Å². The van der Waals surface area contributed by atoms with Gasteiger partial charge in [0.2, 0.25) is 5.96 Å². The topological polar surface area (TPSA) is 71.7 Å². The fraction of sp³-hybridized carbons (Fsp3) is 0.923. The number of nitrogens with one attached hydrogen (secondary N) is 2. The lowest BCUT2D eigenvalue weighted by Crippen LogP contribution is -2.64. The summed E-state index contributed by atoms with van der Waals surface area (Å²) in [5.41, 5.74) is 2.77. The average molecular weight is 256 g/mol. The smallest absolute Gasteiger partial charge is 0.205 e. The van der Waals surface area contributed by atoms with Gasteiger partial charge in [0, 0.05) is 24.6 Å². The molecule has 0 radical (unpaired) electrons. The lowest BCUT2D eigenvalue weighted by atomic mass is 9.64. The van der Waals surface area contributed by atoms with Crippen LogP contribution in [0.4, 0.5) is 0 Å². The lowest BCUT2D eigenvalue weighted by molar-refractivity contribution is -0.109. The largest absolute Gasteiger partial charge is 0.378 e. The van der Waals surface area contributed by atoms with Crippen molar-refractivity contribution >= 4 is 5.96 Å². The molecule has 0 spiro atoms. The zero-order valence-corrected chi connectivity index (χ0v) is 12.1. The Morgan fingerprint density at radius 2 is 2.17 bits per heavy atom. The monoisotopic (exact) mass is 256 g/mol. The van der Waals surface area contributed by atoms with E-state index in [0.29, 0.717) is 18.1 Å². The molecule has 0 bridgehead atoms. The third-order valence-electron chi connectivity index (χ3n) is 3.77. The standard InChI is InChI=1S/C13H28N4O/c1-5-7-8-15-12(17-14)16-10-9-11(18-6-2)13(10,3)4/h10-11H,5-9,14H2,1-4H3,(H2,15,16,17). The van der Waals surface area contributed by atoms with Crippen molar-refractivity contribution < 1.29 is 4.74 Å². The summed E-state index contributed by atoms with van der Waals surface area (Å²) >= 11 is 0. The fourth-order valence-corrected chi connectivity index (χ4v) is 2.26. The van der Waals surface area contributed by atoms with Gasteiger partial charge in [-0.05, 0) is 19.8 Å². The minimum absolute atomic E-state index is 0.123. The number of nitrogens with two attached hydrogens (primary N) is 1. The van der Waals surface area contributed by atoms with Crippen molar-refractivity contribution in [2.24, 2.45) is 16.3 Å². The number of hydrazine groups is 1. The molecule has 0 saturated heterocycles. The summed E-state index contributed by atoms with van der Waals surface area (Å²) in [7, 11) is 0. The highest BCUT2D eigenvalue weighted by atomic mass is 16.5. The van der Waals surface area contributed by atoms with Gasteiger partial charge in [-0.2, -0.15) is 0 Å². The first kappa shape index (κ1) is 15.2. The molecule has 1 aliphatic rings. The first-order valence-electron chi connectivity index (χ1n) is 6.95. The van der Waals surface area contributed by atoms with Crippen LogP contribution in [0.2, 0.25) is 0 Å². The Bertz CT molecular complexity index is 278. The van der Waals surface area contributed by atoms with Gasteiger partial charge >= 0.3 is 0 Å². The van der Waals surface area contributed by atoms with Crippen LogP contribution in [0.5, 0.6) is 0 Å². The van der Waals surface area contributed by atoms with Crippen LogP contribution >= 0.6 is 0 Å². The average Bonchev–Trinajstić information content (AvgIpc) is 2.35. The maximum atomic E-state index is 5.71. The number of nitrogens with zero attached hydrogens (tertiary/aromatic N) is 1. The van der Waals surface area contributed by atoms with Gasteiger partial charge in [0.05, 0.1) is 6.10 Å². The molecule has 0 aromatic rings. The molecule has 0 amide bonds. The predicted molar refractivity (Wildman–Crippen MR) is 75.3 cm³/mol. The highest BCUT2D eigenvalue weighted by Crippen LogP contribution is 2.42. The highest BCUT2D eigenvalue weighted by Gasteiger charge is 2.49. The van der Waals surface area contributed by atoms with E-state index in [1.165, 1.54) is 0 Å². The molecule has 2 atom stereocenters. The molecule has 0 heterocycles. The molecule has 1 rings (SSSR count). The minimum Gasteiger partial charge on any atom is -0.378 e. The van der Waals surface area contributed by atoms with Crippen LogP contribution < -0.4 is 16.6 Å². The zero-order chi connectivity index (χ0) is 13.6. The van der Waals surface area contributed by atoms with Gasteiger partial charge in [0.25, 0.3) is 0 Å². The molecule has 1 fully saturated rings. The molecular formula is C13H28N4O. The summed E-state index contributed by atoms with van der Waals surface area (Å²) in [6.07, 6.45) is 3.56. The molecular weight excluding hydrogens is 228 g/mol. The van der Waals surface area contributed by atoms with Crippen molar-refractivity contribution in [1.29, 1.82) is 0 Å². The summed E-state index contributed by atoms with van der Waals surface area (Å²) in [4.78, 5) is 4.42. The van der Waals surface area contributed by atoms with Gasteiger partial charge in [-0.15, -0.1) is 0 Å². The second kappa shape index (κ2) is 6.95. The van der Waals surface area contributed by atoms with Crippen LogP contribution in [0.15, 0.2) is 4.99 Å². The van der Waals surface area contributed by atoms with E-state index < -0.39 is 0 Å². The number of ether oxygens (including phenoxy) is 1. The SMILES string of the molecule is CCCCN=C(NN)NC1CC(OCC)C1(C)C. The van der Waals surface area contributed by atoms with E-state index in [1.807, 2.05) is 6.92 Å². The van der Waals surface area contributed by atoms with Crippen molar-refractivity contribution in [1.82, 2.24) is 10.7 Å². The summed E-state index contributed by atoms with van der Waals surface area (Å²) in [5, 5.41) is 3.37. The predicted octanol–water partition coefficient (Wildman–Crippen LogP) is 1.40. The van der Waals surface area contributed by atoms with Crippen molar-refractivity contribution in [2.45, 2.75) is 59.1 Å². The molecule has 0 aromatic heterocycles. The van der Waals surface area contributed by atoms with E-state index in [9.17, 15) is 0 Å². The van der Waals surface area contributed by atoms with Crippen LogP contribution in [0.1, 0.15) is 47.0 Å². The second-order valence-corrected chi connectivity index (χ2v) is 5.43. The van der Waals surface area contributed by atoms with Crippen molar-refractivity contribution in [3.05, 3.63) is 0 Å². The Balaban J connectivity index is 2.45. The van der Waals surface area contributed by atoms with Crippen molar-refractivity contribution in [3.8, 4) is 0 Å². The third kappa shape index (κ3) is 3.59. The first-order chi connectivity index (χ1) is 8.56. The number of hydrogen-bond donors (Lipinski definition) is 3. The zero-order valence-electron chi connectivity index (χ0n) is 12.1. The van der Waals surface area contributed by atoms with Gasteiger partial charge < -0.3 is 10.1 Å². The number of unbranched alkanes of at least 4 members (excludes halogenated alkanes) is 1. The lowest BCUT2D eigenvalue weighted by Gasteiger charge is -2.51. The van der Waals surface area contributed by atoms with Crippen LogP contribution in [0.25, 0.3) is 0 Å². The highest BCUT2D eigenvalue weighted by molar-refractivity contribution is 5.79. The molecule has 18 heavy (non-hydrogen) atoms. The Kier molecular flexibility index (Phi) is 5.88. The number of guanidine groups is 1. The molecule has 106 valence electrons. The quantitative estimate of drug-likeness (QED) is 0.221. The number of rotatable bonds is 6. The van der Waals surface area contributed by atoms with Crippen LogP contribution in [-0.2, 0) is 4.74 Å².